The molecule has 0 aliphatic rings. The number of hydrogen-bond acceptors (Lipinski definition) is 11. The van der Waals surface area contributed by atoms with Crippen LogP contribution in [0.1, 0.15) is 117 Å². The van der Waals surface area contributed by atoms with E-state index in [0.717, 1.165) is 25.5 Å². The molecule has 306 valence electrons. The fourth-order valence-corrected chi connectivity index (χ4v) is 0. The second-order valence-corrected chi connectivity index (χ2v) is 9.04. The quantitative estimate of drug-likeness (QED) is 0.0973. The predicted octanol–water partition coefficient (Wildman–Crippen LogP) is 7.77. The summed E-state index contributed by atoms with van der Waals surface area (Å²) in [6, 6.07) is 0.248. The van der Waals surface area contributed by atoms with Crippen molar-refractivity contribution >= 4 is 48.1 Å². The number of hydrogen-bond donors (Lipinski definition) is 9. The number of nitrogens with two attached hydrogens (primary N) is 6. The molecular weight excluding hydrogens is 818 g/mol. The summed E-state index contributed by atoms with van der Waals surface area (Å²) in [6.07, 6.45) is 5.50. The van der Waals surface area contributed by atoms with Crippen molar-refractivity contribution in [3.63, 3.8) is 0 Å². The standard InChI is InChI=1S/C5H12.C4H8.C3H9NS.2C3H8S.2C2H4O2.3C2H6.5CH5N.2Y/c1-4-5(2)3;1-4(2)3;1-3(4)2-5;2*1-3-4-2;2*1-2(3)4;8*1-2;;/h5H,4H2,1-3H3;1H2,2-3H3;3,5H,2,4H2,1H3;2*3H2,1-2H3;2*1H3,(H,3,4);3*1-2H3;5*2H2,1H3;;/t;;3-;;;;;;;;;;;;;;/m..1............../s1. The number of carboxylic acids is 2. The second kappa shape index (κ2) is 215. The zero-order chi connectivity index (χ0) is 42.1. The zero-order valence-corrected chi connectivity index (χ0v) is 45.0. The summed E-state index contributed by atoms with van der Waals surface area (Å²) in [5.41, 5.74) is 28.9. The van der Waals surface area contributed by atoms with E-state index in [-0.39, 0.29) is 71.5 Å². The summed E-state index contributed by atoms with van der Waals surface area (Å²) in [7, 11) is 7.50. The molecule has 0 heterocycles. The van der Waals surface area contributed by atoms with E-state index in [2.05, 4.69) is 95.0 Å². The zero-order valence-electron chi connectivity index (χ0n) is 36.8. The topological polar surface area (TPSA) is 231 Å². The molecular formula is C33H96N6O4S3Y2. The first kappa shape index (κ1) is 110. The van der Waals surface area contributed by atoms with Crippen molar-refractivity contribution in [3.05, 3.63) is 12.2 Å². The number of thioether (sulfide) groups is 2. The normalized spacial score (nSPS) is 6.40. The van der Waals surface area contributed by atoms with Crippen molar-refractivity contribution in [2.45, 2.75) is 123 Å². The van der Waals surface area contributed by atoms with E-state index >= 15 is 0 Å². The molecule has 0 aliphatic carbocycles. The largest absolute Gasteiger partial charge is 0.481 e. The third kappa shape index (κ3) is 1760. The fraction of sp³-hybridized carbons (Fsp3) is 0.879. The number of rotatable bonds is 4. The van der Waals surface area contributed by atoms with E-state index < -0.39 is 11.9 Å². The molecule has 0 aromatic heterocycles. The Labute approximate surface area is 370 Å². The molecule has 2 radical (unpaired) electrons. The van der Waals surface area contributed by atoms with Crippen LogP contribution in [0.3, 0.4) is 0 Å². The van der Waals surface area contributed by atoms with Crippen LogP contribution in [0.5, 0.6) is 0 Å². The van der Waals surface area contributed by atoms with Crippen LogP contribution in [0.15, 0.2) is 12.2 Å². The second-order valence-electron chi connectivity index (χ2n) is 6.36. The van der Waals surface area contributed by atoms with Gasteiger partial charge in [0, 0.05) is 91.1 Å². The molecule has 0 rings (SSSR count). The molecule has 0 aromatic rings. The molecule has 0 saturated heterocycles. The van der Waals surface area contributed by atoms with Crippen LogP contribution in [0.25, 0.3) is 0 Å². The van der Waals surface area contributed by atoms with Crippen molar-refractivity contribution in [1.82, 2.24) is 0 Å². The Morgan fingerprint density at radius 3 is 0.688 bits per heavy atom. The van der Waals surface area contributed by atoms with E-state index in [4.69, 9.17) is 25.5 Å². The summed E-state index contributed by atoms with van der Waals surface area (Å²) >= 11 is 7.60. The molecule has 15 heteroatoms. The van der Waals surface area contributed by atoms with E-state index in [1.807, 2.05) is 85.8 Å². The number of carbonyl (C=O) groups is 2. The summed E-state index contributed by atoms with van der Waals surface area (Å²) in [5, 5.41) is 14.8. The van der Waals surface area contributed by atoms with Gasteiger partial charge in [0.25, 0.3) is 11.9 Å². The predicted molar refractivity (Wildman–Crippen MR) is 232 cm³/mol. The average molecular weight is 915 g/mol. The van der Waals surface area contributed by atoms with Gasteiger partial charge in [-0.1, -0.05) is 88.2 Å². The molecule has 0 unspecified atom stereocenters. The Morgan fingerprint density at radius 2 is 0.688 bits per heavy atom. The first-order valence-corrected chi connectivity index (χ1v) is 19.2. The van der Waals surface area contributed by atoms with Gasteiger partial charge >= 0.3 is 0 Å². The smallest absolute Gasteiger partial charge is 0.300 e. The summed E-state index contributed by atoms with van der Waals surface area (Å²) < 4.78 is 0. The fourth-order valence-electron chi connectivity index (χ4n) is 0. The Bertz CT molecular complexity index is 293. The summed E-state index contributed by atoms with van der Waals surface area (Å²) in [6.45, 7) is 34.5. The molecule has 0 aliphatic heterocycles. The van der Waals surface area contributed by atoms with Crippen LogP contribution < -0.4 is 34.4 Å². The third-order valence-corrected chi connectivity index (χ3v) is 3.41. The Morgan fingerprint density at radius 1 is 0.625 bits per heavy atom. The minimum absolute atomic E-state index is 0. The molecule has 48 heavy (non-hydrogen) atoms. The Hall–Kier alpha value is 1.70. The van der Waals surface area contributed by atoms with Crippen molar-refractivity contribution < 1.29 is 85.2 Å². The Balaban J connectivity index is -0.0000000145. The van der Waals surface area contributed by atoms with Crippen LogP contribution in [0.4, 0.5) is 0 Å². The monoisotopic (exact) mass is 914 g/mol. The Kier molecular flexibility index (Phi) is 494. The number of thiol groups is 1. The van der Waals surface area contributed by atoms with Gasteiger partial charge in [-0.25, -0.2) is 0 Å². The molecule has 0 fully saturated rings. The minimum atomic E-state index is -0.833. The number of carboxylic acid groups (broad SMARTS) is 2. The van der Waals surface area contributed by atoms with Gasteiger partial charge in [-0.3, -0.25) is 9.59 Å². The molecule has 0 bridgehead atoms. The first-order chi connectivity index (χ1) is 21.6. The first-order valence-electron chi connectivity index (χ1n) is 15.8. The molecule has 0 saturated carbocycles. The van der Waals surface area contributed by atoms with Crippen molar-refractivity contribution in [2.75, 3.05) is 65.0 Å². The van der Waals surface area contributed by atoms with Gasteiger partial charge in [-0.2, -0.15) is 36.2 Å². The van der Waals surface area contributed by atoms with Gasteiger partial charge < -0.3 is 44.6 Å². The molecule has 0 aromatic carbocycles. The average Bonchev–Trinajstić information content (AvgIpc) is 3.08. The molecule has 10 nitrogen and oxygen atoms in total. The van der Waals surface area contributed by atoms with E-state index in [1.165, 1.54) is 58.7 Å². The van der Waals surface area contributed by atoms with E-state index in [1.54, 1.807) is 0 Å². The van der Waals surface area contributed by atoms with Crippen LogP contribution in [-0.4, -0.2) is 93.2 Å². The van der Waals surface area contributed by atoms with Gasteiger partial charge in [0.15, 0.2) is 0 Å². The van der Waals surface area contributed by atoms with Gasteiger partial charge in [-0.05, 0) is 85.9 Å². The maximum absolute atomic E-state index is 9.00. The molecule has 0 amide bonds. The van der Waals surface area contributed by atoms with Crippen molar-refractivity contribution in [2.24, 2.45) is 40.3 Å². The summed E-state index contributed by atoms with van der Waals surface area (Å²) in [4.78, 5) is 18.0. The number of aliphatic carboxylic acids is 2. The van der Waals surface area contributed by atoms with E-state index in [0.29, 0.717) is 0 Å². The van der Waals surface area contributed by atoms with Crippen molar-refractivity contribution in [3.8, 4) is 0 Å². The van der Waals surface area contributed by atoms with Crippen LogP contribution in [-0.2, 0) is 75.0 Å². The van der Waals surface area contributed by atoms with Gasteiger partial charge in [0.1, 0.15) is 0 Å². The SMILES string of the molecule is C=C(C)C.CC.CC.CC.CC(=O)O.CC(=O)O.CCC(C)C.CCSC.CCSC.CN.CN.CN.CN.CN.C[C@@H](N)CS.[Y].[Y]. The van der Waals surface area contributed by atoms with E-state index in [9.17, 15) is 0 Å². The molecule has 0 spiro atoms. The van der Waals surface area contributed by atoms with Gasteiger partial charge in [0.05, 0.1) is 0 Å². The third-order valence-electron chi connectivity index (χ3n) is 1.68. The van der Waals surface area contributed by atoms with Crippen LogP contribution in [0, 0.1) is 5.92 Å². The van der Waals surface area contributed by atoms with Crippen LogP contribution in [0.2, 0.25) is 0 Å². The molecule has 1 atom stereocenters. The van der Waals surface area contributed by atoms with Gasteiger partial charge in [-0.15, -0.1) is 6.58 Å². The van der Waals surface area contributed by atoms with Crippen molar-refractivity contribution in [1.29, 1.82) is 0 Å². The number of allylic oxidation sites excluding steroid dienone is 1. The van der Waals surface area contributed by atoms with Gasteiger partial charge in [0.2, 0.25) is 0 Å². The minimum Gasteiger partial charge on any atom is -0.481 e. The summed E-state index contributed by atoms with van der Waals surface area (Å²) in [5.74, 6) is 2.47. The maximum atomic E-state index is 9.00. The molecule has 14 N–H and O–H groups in total. The van der Waals surface area contributed by atoms with Crippen LogP contribution >= 0.6 is 36.2 Å². The maximum Gasteiger partial charge on any atom is 0.300 e.